The molecule has 0 spiro atoms. The molecule has 0 atom stereocenters. The molecule has 0 aliphatic carbocycles. The smallest absolute Gasteiger partial charge is 0.0991 e. The van der Waals surface area contributed by atoms with Gasteiger partial charge in [-0.15, -0.1) is 0 Å². The molecule has 0 bridgehead atoms. The number of nitriles is 3. The summed E-state index contributed by atoms with van der Waals surface area (Å²) in [5, 5.41) is 27.0. The standard InChI is InChI=1S/C33H21N3/c34-22-28-10-1-25(2-11-28)7-16-31-19-32(17-8-26-3-12-29(23-35)13-4-26)21-33(20-31)18-9-27-5-14-30(24-36)15-6-27/h1-21H/b16-7+,17-8+,18-9+. The molecule has 0 N–H and O–H groups in total. The molecule has 0 amide bonds. The topological polar surface area (TPSA) is 71.4 Å². The predicted molar refractivity (Wildman–Crippen MR) is 147 cm³/mol. The zero-order valence-electron chi connectivity index (χ0n) is 19.5. The average molecular weight is 460 g/mol. The van der Waals surface area contributed by atoms with Gasteiger partial charge in [0.1, 0.15) is 0 Å². The Morgan fingerprint density at radius 3 is 0.778 bits per heavy atom. The van der Waals surface area contributed by atoms with Crippen molar-refractivity contribution < 1.29 is 0 Å². The summed E-state index contributed by atoms with van der Waals surface area (Å²) in [5.74, 6) is 0. The SMILES string of the molecule is N#Cc1ccc(/C=C/c2cc(/C=C/c3ccc(C#N)cc3)cc(/C=C/c3ccc(C#N)cc3)c2)cc1. The minimum absolute atomic E-state index is 0.636. The highest BCUT2D eigenvalue weighted by Gasteiger charge is 1.98. The number of benzene rings is 4. The molecule has 0 heterocycles. The summed E-state index contributed by atoms with van der Waals surface area (Å²) in [4.78, 5) is 0. The molecule has 0 saturated carbocycles. The number of hydrogen-bond donors (Lipinski definition) is 0. The Hall–Kier alpha value is -5.43. The molecule has 0 aliphatic heterocycles. The fourth-order valence-electron chi connectivity index (χ4n) is 3.57. The van der Waals surface area contributed by atoms with Crippen molar-refractivity contribution in [3.05, 3.63) is 141 Å². The van der Waals surface area contributed by atoms with E-state index in [1.807, 2.05) is 91.0 Å². The van der Waals surface area contributed by atoms with Gasteiger partial charge in [-0.05, 0) is 88.0 Å². The van der Waals surface area contributed by atoms with Gasteiger partial charge in [0, 0.05) is 0 Å². The highest BCUT2D eigenvalue weighted by atomic mass is 14.2. The van der Waals surface area contributed by atoms with Gasteiger partial charge in [-0.1, -0.05) is 72.9 Å². The zero-order chi connectivity index (χ0) is 25.2. The maximum absolute atomic E-state index is 9.01. The van der Waals surface area contributed by atoms with Crippen molar-refractivity contribution in [3.8, 4) is 18.2 Å². The lowest BCUT2D eigenvalue weighted by Gasteiger charge is -2.03. The van der Waals surface area contributed by atoms with Crippen molar-refractivity contribution >= 4 is 36.5 Å². The second kappa shape index (κ2) is 11.6. The van der Waals surface area contributed by atoms with Crippen LogP contribution in [0, 0.1) is 34.0 Å². The first kappa shape index (κ1) is 23.7. The van der Waals surface area contributed by atoms with E-state index in [4.69, 9.17) is 15.8 Å². The number of nitrogens with zero attached hydrogens (tertiary/aromatic N) is 3. The molecule has 4 rings (SSSR count). The molecule has 0 saturated heterocycles. The predicted octanol–water partition coefficient (Wildman–Crippen LogP) is 7.81. The Morgan fingerprint density at radius 1 is 0.333 bits per heavy atom. The molecular weight excluding hydrogens is 438 g/mol. The van der Waals surface area contributed by atoms with Gasteiger partial charge in [-0.3, -0.25) is 0 Å². The first-order valence-electron chi connectivity index (χ1n) is 11.3. The summed E-state index contributed by atoms with van der Waals surface area (Å²) in [7, 11) is 0. The number of rotatable bonds is 6. The first-order valence-corrected chi connectivity index (χ1v) is 11.3. The van der Waals surface area contributed by atoms with Crippen LogP contribution >= 0.6 is 0 Å². The molecule has 0 radical (unpaired) electrons. The Kier molecular flexibility index (Phi) is 7.66. The van der Waals surface area contributed by atoms with E-state index < -0.39 is 0 Å². The molecule has 3 heteroatoms. The van der Waals surface area contributed by atoms with Crippen LogP contribution in [0.2, 0.25) is 0 Å². The van der Waals surface area contributed by atoms with Gasteiger partial charge in [0.05, 0.1) is 34.9 Å². The van der Waals surface area contributed by atoms with Gasteiger partial charge >= 0.3 is 0 Å². The molecule has 36 heavy (non-hydrogen) atoms. The first-order chi connectivity index (χ1) is 17.6. The molecule has 0 aromatic heterocycles. The normalized spacial score (nSPS) is 10.9. The highest BCUT2D eigenvalue weighted by molar-refractivity contribution is 5.79. The van der Waals surface area contributed by atoms with E-state index in [1.165, 1.54) is 0 Å². The van der Waals surface area contributed by atoms with Crippen molar-refractivity contribution in [1.82, 2.24) is 0 Å². The molecule has 3 nitrogen and oxygen atoms in total. The van der Waals surface area contributed by atoms with Crippen LogP contribution in [0.1, 0.15) is 50.1 Å². The molecule has 0 fully saturated rings. The summed E-state index contributed by atoms with van der Waals surface area (Å²) in [6, 6.07) is 35.2. The fourth-order valence-corrected chi connectivity index (χ4v) is 3.57. The summed E-state index contributed by atoms with van der Waals surface area (Å²) in [6.45, 7) is 0. The van der Waals surface area contributed by atoms with Crippen molar-refractivity contribution in [2.45, 2.75) is 0 Å². The summed E-state index contributed by atoms with van der Waals surface area (Å²) in [6.07, 6.45) is 12.2. The van der Waals surface area contributed by atoms with E-state index in [-0.39, 0.29) is 0 Å². The van der Waals surface area contributed by atoms with Crippen LogP contribution in [-0.4, -0.2) is 0 Å². The second-order valence-corrected chi connectivity index (χ2v) is 8.13. The average Bonchev–Trinajstić information content (AvgIpc) is 2.94. The lowest BCUT2D eigenvalue weighted by Crippen LogP contribution is -1.83. The summed E-state index contributed by atoms with van der Waals surface area (Å²) in [5.41, 5.74) is 8.08. The van der Waals surface area contributed by atoms with E-state index in [1.54, 1.807) is 0 Å². The molecule has 168 valence electrons. The van der Waals surface area contributed by atoms with Gasteiger partial charge in [0.2, 0.25) is 0 Å². The molecule has 0 unspecified atom stereocenters. The second-order valence-electron chi connectivity index (χ2n) is 8.13. The molecule has 4 aromatic rings. The lowest BCUT2D eigenvalue weighted by atomic mass is 10.0. The van der Waals surface area contributed by atoms with Crippen molar-refractivity contribution in [2.75, 3.05) is 0 Å². The van der Waals surface area contributed by atoms with Crippen LogP contribution in [0.25, 0.3) is 36.5 Å². The van der Waals surface area contributed by atoms with Gasteiger partial charge in [-0.2, -0.15) is 15.8 Å². The van der Waals surface area contributed by atoms with E-state index in [0.29, 0.717) is 16.7 Å². The van der Waals surface area contributed by atoms with Crippen molar-refractivity contribution in [3.63, 3.8) is 0 Å². The Balaban J connectivity index is 1.64. The maximum Gasteiger partial charge on any atom is 0.0991 e. The number of hydrogen-bond acceptors (Lipinski definition) is 3. The van der Waals surface area contributed by atoms with Crippen LogP contribution in [0.15, 0.2) is 91.0 Å². The Morgan fingerprint density at radius 2 is 0.556 bits per heavy atom. The van der Waals surface area contributed by atoms with E-state index >= 15 is 0 Å². The van der Waals surface area contributed by atoms with Gasteiger partial charge in [0.15, 0.2) is 0 Å². The van der Waals surface area contributed by atoms with E-state index in [0.717, 1.165) is 33.4 Å². The van der Waals surface area contributed by atoms with Crippen LogP contribution < -0.4 is 0 Å². The van der Waals surface area contributed by atoms with Gasteiger partial charge < -0.3 is 0 Å². The third-order valence-electron chi connectivity index (χ3n) is 5.52. The molecule has 4 aromatic carbocycles. The third kappa shape index (κ3) is 6.55. The fraction of sp³-hybridized carbons (Fsp3) is 0. The molecule has 0 aliphatic rings. The van der Waals surface area contributed by atoms with Crippen LogP contribution in [0.3, 0.4) is 0 Å². The van der Waals surface area contributed by atoms with Crippen LogP contribution in [0.5, 0.6) is 0 Å². The summed E-state index contributed by atoms with van der Waals surface area (Å²) >= 11 is 0. The monoisotopic (exact) mass is 459 g/mol. The zero-order valence-corrected chi connectivity index (χ0v) is 19.5. The maximum atomic E-state index is 9.01. The van der Waals surface area contributed by atoms with E-state index in [9.17, 15) is 0 Å². The van der Waals surface area contributed by atoms with Crippen molar-refractivity contribution in [1.29, 1.82) is 15.8 Å². The Bertz CT molecular complexity index is 1360. The van der Waals surface area contributed by atoms with Gasteiger partial charge in [0.25, 0.3) is 0 Å². The van der Waals surface area contributed by atoms with Crippen LogP contribution in [0.4, 0.5) is 0 Å². The Labute approximate surface area is 211 Å². The highest BCUT2D eigenvalue weighted by Crippen LogP contribution is 2.19. The minimum atomic E-state index is 0.636. The minimum Gasteiger partial charge on any atom is -0.192 e. The molecular formula is C33H21N3. The lowest BCUT2D eigenvalue weighted by molar-refractivity contribution is 1.48. The van der Waals surface area contributed by atoms with E-state index in [2.05, 4.69) is 54.6 Å². The van der Waals surface area contributed by atoms with Gasteiger partial charge in [-0.25, -0.2) is 0 Å². The quantitative estimate of drug-likeness (QED) is 0.276. The van der Waals surface area contributed by atoms with Crippen molar-refractivity contribution in [2.24, 2.45) is 0 Å². The summed E-state index contributed by atoms with van der Waals surface area (Å²) < 4.78 is 0. The largest absolute Gasteiger partial charge is 0.192 e. The third-order valence-corrected chi connectivity index (χ3v) is 5.52. The van der Waals surface area contributed by atoms with Crippen LogP contribution in [-0.2, 0) is 0 Å².